The Morgan fingerprint density at radius 1 is 1.53 bits per heavy atom. The average Bonchev–Trinajstić information content (AvgIpc) is 2.57. The minimum atomic E-state index is 0.662. The van der Waals surface area contributed by atoms with Crippen LogP contribution in [0.3, 0.4) is 0 Å². The van der Waals surface area contributed by atoms with Gasteiger partial charge in [0.05, 0.1) is 16.8 Å². The number of furan rings is 1. The lowest BCUT2D eigenvalue weighted by atomic mass is 10.4. The molecule has 2 aromatic rings. The fourth-order valence-corrected chi connectivity index (χ4v) is 2.27. The van der Waals surface area contributed by atoms with Crippen molar-refractivity contribution in [2.45, 2.75) is 16.8 Å². The van der Waals surface area contributed by atoms with Crippen molar-refractivity contribution in [3.63, 3.8) is 0 Å². The van der Waals surface area contributed by atoms with E-state index in [1.165, 1.54) is 11.8 Å². The molecule has 3 nitrogen and oxygen atoms in total. The molecule has 5 heteroatoms. The van der Waals surface area contributed by atoms with Gasteiger partial charge in [0, 0.05) is 10.7 Å². The second-order valence-electron chi connectivity index (χ2n) is 2.99. The molecule has 0 atom stereocenters. The van der Waals surface area contributed by atoms with Crippen LogP contribution < -0.4 is 5.73 Å². The monoisotopic (exact) mass is 284 g/mol. The Morgan fingerprint density at radius 3 is 2.93 bits per heavy atom. The smallest absolute Gasteiger partial charge is 0.124 e. The molecule has 0 spiro atoms. The summed E-state index contributed by atoms with van der Waals surface area (Å²) in [6.07, 6.45) is 3.39. The van der Waals surface area contributed by atoms with Crippen LogP contribution in [0.5, 0.6) is 0 Å². The third kappa shape index (κ3) is 2.35. The van der Waals surface area contributed by atoms with E-state index >= 15 is 0 Å². The first kappa shape index (κ1) is 10.6. The van der Waals surface area contributed by atoms with Crippen LogP contribution in [0.15, 0.2) is 43.4 Å². The molecule has 2 rings (SSSR count). The largest absolute Gasteiger partial charge is 0.468 e. The van der Waals surface area contributed by atoms with Crippen molar-refractivity contribution in [3.8, 4) is 0 Å². The summed E-state index contributed by atoms with van der Waals surface area (Å²) >= 11 is 4.82. The zero-order valence-electron chi connectivity index (χ0n) is 8.03. The number of aromatic nitrogens is 1. The Hall–Kier alpha value is -0.940. The topological polar surface area (TPSA) is 52.0 Å². The van der Waals surface area contributed by atoms with Crippen molar-refractivity contribution >= 4 is 33.4 Å². The van der Waals surface area contributed by atoms with Crippen molar-refractivity contribution in [2.75, 3.05) is 5.73 Å². The number of hydrogen-bond acceptors (Lipinski definition) is 4. The van der Waals surface area contributed by atoms with E-state index < -0.39 is 0 Å². The van der Waals surface area contributed by atoms with Crippen LogP contribution in [0.1, 0.15) is 5.76 Å². The van der Waals surface area contributed by atoms with Crippen molar-refractivity contribution < 1.29 is 4.42 Å². The standard InChI is InChI=1S/C10H9BrN2OS/c1-6-9(2-3-14-6)15-10-8(12)4-7(11)5-13-10/h2-5H,12H2,1H3. The van der Waals surface area contributed by atoms with E-state index in [9.17, 15) is 0 Å². The highest BCUT2D eigenvalue weighted by Crippen LogP contribution is 2.33. The maximum absolute atomic E-state index is 5.84. The third-order valence-electron chi connectivity index (χ3n) is 1.86. The Labute approximate surface area is 100 Å². The highest BCUT2D eigenvalue weighted by Gasteiger charge is 2.07. The van der Waals surface area contributed by atoms with Gasteiger partial charge in [0.25, 0.3) is 0 Å². The summed E-state index contributed by atoms with van der Waals surface area (Å²) in [5, 5.41) is 0.794. The van der Waals surface area contributed by atoms with Gasteiger partial charge < -0.3 is 10.2 Å². The van der Waals surface area contributed by atoms with Crippen molar-refractivity contribution in [1.29, 1.82) is 0 Å². The number of pyridine rings is 1. The Kier molecular flexibility index (Phi) is 3.02. The van der Waals surface area contributed by atoms with Crippen LogP contribution in [-0.2, 0) is 0 Å². The Balaban J connectivity index is 2.29. The molecule has 0 aliphatic rings. The van der Waals surface area contributed by atoms with Gasteiger partial charge in [0.1, 0.15) is 10.8 Å². The normalized spacial score (nSPS) is 10.5. The lowest BCUT2D eigenvalue weighted by Crippen LogP contribution is -1.91. The zero-order chi connectivity index (χ0) is 10.8. The highest BCUT2D eigenvalue weighted by molar-refractivity contribution is 9.10. The predicted molar refractivity (Wildman–Crippen MR) is 63.9 cm³/mol. The van der Waals surface area contributed by atoms with Crippen molar-refractivity contribution in [3.05, 3.63) is 34.8 Å². The van der Waals surface area contributed by atoms with Crippen LogP contribution in [0.25, 0.3) is 0 Å². The van der Waals surface area contributed by atoms with Gasteiger partial charge >= 0.3 is 0 Å². The van der Waals surface area contributed by atoms with Gasteiger partial charge in [-0.2, -0.15) is 0 Å². The number of aryl methyl sites for hydroxylation is 1. The van der Waals surface area contributed by atoms with Crippen molar-refractivity contribution in [1.82, 2.24) is 4.98 Å². The summed E-state index contributed by atoms with van der Waals surface area (Å²) in [6.45, 7) is 1.91. The van der Waals surface area contributed by atoms with E-state index in [0.29, 0.717) is 5.69 Å². The quantitative estimate of drug-likeness (QED) is 0.917. The number of rotatable bonds is 2. The maximum atomic E-state index is 5.84. The molecule has 0 amide bonds. The van der Waals surface area contributed by atoms with Gasteiger partial charge in [0.2, 0.25) is 0 Å². The number of hydrogen-bond donors (Lipinski definition) is 1. The van der Waals surface area contributed by atoms with Crippen molar-refractivity contribution in [2.24, 2.45) is 0 Å². The van der Waals surface area contributed by atoms with E-state index in [1.54, 1.807) is 12.5 Å². The van der Waals surface area contributed by atoms with Gasteiger partial charge in [-0.3, -0.25) is 0 Å². The Morgan fingerprint density at radius 2 is 2.33 bits per heavy atom. The molecule has 15 heavy (non-hydrogen) atoms. The molecule has 78 valence electrons. The summed E-state index contributed by atoms with van der Waals surface area (Å²) in [4.78, 5) is 5.28. The molecule has 0 fully saturated rings. The molecule has 2 heterocycles. The number of halogens is 1. The number of nitrogens with zero attached hydrogens (tertiary/aromatic N) is 1. The fraction of sp³-hybridized carbons (Fsp3) is 0.100. The lowest BCUT2D eigenvalue weighted by Gasteiger charge is -2.03. The number of nitrogens with two attached hydrogens (primary N) is 1. The number of anilines is 1. The molecule has 0 aromatic carbocycles. The van der Waals surface area contributed by atoms with Crippen LogP contribution in [-0.4, -0.2) is 4.98 Å². The van der Waals surface area contributed by atoms with E-state index in [0.717, 1.165) is 20.2 Å². The van der Waals surface area contributed by atoms with Crippen LogP contribution in [0, 0.1) is 6.92 Å². The minimum Gasteiger partial charge on any atom is -0.468 e. The predicted octanol–water partition coefficient (Wildman–Crippen LogP) is 3.48. The summed E-state index contributed by atoms with van der Waals surface area (Å²) in [5.74, 6) is 0.879. The molecule has 0 radical (unpaired) electrons. The SMILES string of the molecule is Cc1occc1Sc1ncc(Br)cc1N. The van der Waals surface area contributed by atoms with E-state index in [2.05, 4.69) is 20.9 Å². The molecule has 0 aliphatic carbocycles. The summed E-state index contributed by atoms with van der Waals surface area (Å²) < 4.78 is 6.08. The second kappa shape index (κ2) is 4.28. The molecule has 2 aromatic heterocycles. The molecule has 0 unspecified atom stereocenters. The lowest BCUT2D eigenvalue weighted by molar-refractivity contribution is 0.527. The molecular weight excluding hydrogens is 276 g/mol. The van der Waals surface area contributed by atoms with Gasteiger partial charge in [0.15, 0.2) is 0 Å². The molecule has 0 saturated heterocycles. The summed E-state index contributed by atoms with van der Waals surface area (Å²) in [5.41, 5.74) is 6.51. The molecule has 0 bridgehead atoms. The van der Waals surface area contributed by atoms with Gasteiger partial charge in [-0.05, 0) is 35.0 Å². The van der Waals surface area contributed by atoms with E-state index in [-0.39, 0.29) is 0 Å². The van der Waals surface area contributed by atoms with Crippen LogP contribution >= 0.6 is 27.7 Å². The van der Waals surface area contributed by atoms with E-state index in [1.807, 2.05) is 19.1 Å². The highest BCUT2D eigenvalue weighted by atomic mass is 79.9. The maximum Gasteiger partial charge on any atom is 0.124 e. The second-order valence-corrected chi connectivity index (χ2v) is 4.94. The molecular formula is C10H9BrN2OS. The molecule has 0 saturated carbocycles. The summed E-state index contributed by atoms with van der Waals surface area (Å²) in [7, 11) is 0. The zero-order valence-corrected chi connectivity index (χ0v) is 10.4. The molecule has 0 aliphatic heterocycles. The van der Waals surface area contributed by atoms with E-state index in [4.69, 9.17) is 10.2 Å². The van der Waals surface area contributed by atoms with Gasteiger partial charge in [-0.15, -0.1) is 0 Å². The van der Waals surface area contributed by atoms with Crippen LogP contribution in [0.2, 0.25) is 0 Å². The fourth-order valence-electron chi connectivity index (χ4n) is 1.11. The van der Waals surface area contributed by atoms with Crippen LogP contribution in [0.4, 0.5) is 5.69 Å². The first-order valence-electron chi connectivity index (χ1n) is 4.30. The van der Waals surface area contributed by atoms with Gasteiger partial charge in [-0.1, -0.05) is 11.8 Å². The van der Waals surface area contributed by atoms with Gasteiger partial charge in [-0.25, -0.2) is 4.98 Å². The average molecular weight is 285 g/mol. The first-order chi connectivity index (χ1) is 7.16. The molecule has 2 N–H and O–H groups in total. The number of nitrogen functional groups attached to an aromatic ring is 1. The summed E-state index contributed by atoms with van der Waals surface area (Å²) in [6, 6.07) is 3.74. The third-order valence-corrected chi connectivity index (χ3v) is 3.47. The Bertz CT molecular complexity index is 484. The minimum absolute atomic E-state index is 0.662. The first-order valence-corrected chi connectivity index (χ1v) is 5.91.